The molecule has 1 atom stereocenters. The second kappa shape index (κ2) is 6.40. The Kier molecular flexibility index (Phi) is 4.83. The number of benzene rings is 2. The van der Waals surface area contributed by atoms with Gasteiger partial charge >= 0.3 is 0 Å². The van der Waals surface area contributed by atoms with Gasteiger partial charge in [-0.15, -0.1) is 0 Å². The number of nitrogens with one attached hydrogen (secondary N) is 1. The molecule has 2 aromatic rings. The predicted molar refractivity (Wildman–Crippen MR) is 82.2 cm³/mol. The third-order valence-corrected chi connectivity index (χ3v) is 3.69. The van der Waals surface area contributed by atoms with Crippen molar-refractivity contribution in [2.75, 3.05) is 5.32 Å². The van der Waals surface area contributed by atoms with E-state index in [1.54, 1.807) is 6.07 Å². The van der Waals surface area contributed by atoms with Crippen molar-refractivity contribution in [2.24, 2.45) is 0 Å². The SMILES string of the molecule is CCC(Nc1ccc(Br)cc1F)c1ccc(Cl)cc1. The number of rotatable bonds is 4. The highest BCUT2D eigenvalue weighted by Gasteiger charge is 2.11. The molecule has 0 aromatic heterocycles. The van der Waals surface area contributed by atoms with E-state index in [2.05, 4.69) is 28.2 Å². The van der Waals surface area contributed by atoms with Crippen LogP contribution in [0.25, 0.3) is 0 Å². The molecule has 0 fully saturated rings. The molecule has 0 amide bonds. The summed E-state index contributed by atoms with van der Waals surface area (Å²) < 4.78 is 14.5. The first-order valence-corrected chi connectivity index (χ1v) is 7.24. The molecule has 2 aromatic carbocycles. The van der Waals surface area contributed by atoms with Crippen LogP contribution in [0.1, 0.15) is 24.9 Å². The van der Waals surface area contributed by atoms with Crippen LogP contribution >= 0.6 is 27.5 Å². The number of hydrogen-bond donors (Lipinski definition) is 1. The van der Waals surface area contributed by atoms with Crippen LogP contribution < -0.4 is 5.32 Å². The zero-order valence-electron chi connectivity index (χ0n) is 10.5. The lowest BCUT2D eigenvalue weighted by Gasteiger charge is -2.19. The molecular formula is C15H14BrClFN. The maximum atomic E-state index is 13.8. The molecule has 1 nitrogen and oxygen atoms in total. The van der Waals surface area contributed by atoms with Crippen molar-refractivity contribution in [3.05, 3.63) is 63.3 Å². The highest BCUT2D eigenvalue weighted by atomic mass is 79.9. The summed E-state index contributed by atoms with van der Waals surface area (Å²) in [6.45, 7) is 2.06. The third-order valence-electron chi connectivity index (χ3n) is 2.94. The molecule has 2 rings (SSSR count). The van der Waals surface area contributed by atoms with Gasteiger partial charge in [0.25, 0.3) is 0 Å². The van der Waals surface area contributed by atoms with Crippen LogP contribution in [0.5, 0.6) is 0 Å². The first-order valence-electron chi connectivity index (χ1n) is 6.07. The summed E-state index contributed by atoms with van der Waals surface area (Å²) in [7, 11) is 0. The van der Waals surface area contributed by atoms with E-state index in [4.69, 9.17) is 11.6 Å². The van der Waals surface area contributed by atoms with Crippen molar-refractivity contribution >= 4 is 33.2 Å². The van der Waals surface area contributed by atoms with Crippen molar-refractivity contribution in [1.82, 2.24) is 0 Å². The fraction of sp³-hybridized carbons (Fsp3) is 0.200. The molecule has 19 heavy (non-hydrogen) atoms. The minimum absolute atomic E-state index is 0.0629. The van der Waals surface area contributed by atoms with Gasteiger partial charge in [-0.2, -0.15) is 0 Å². The van der Waals surface area contributed by atoms with Crippen molar-refractivity contribution in [2.45, 2.75) is 19.4 Å². The third kappa shape index (κ3) is 3.71. The molecular weight excluding hydrogens is 329 g/mol. The van der Waals surface area contributed by atoms with Crippen molar-refractivity contribution in [1.29, 1.82) is 0 Å². The van der Waals surface area contributed by atoms with Gasteiger partial charge < -0.3 is 5.32 Å². The fourth-order valence-electron chi connectivity index (χ4n) is 1.91. The van der Waals surface area contributed by atoms with E-state index >= 15 is 0 Å². The molecule has 4 heteroatoms. The van der Waals surface area contributed by atoms with Gasteiger partial charge in [-0.05, 0) is 42.3 Å². The van der Waals surface area contributed by atoms with Crippen LogP contribution in [-0.2, 0) is 0 Å². The van der Waals surface area contributed by atoms with E-state index in [0.717, 1.165) is 16.5 Å². The zero-order valence-corrected chi connectivity index (χ0v) is 12.8. The molecule has 0 bridgehead atoms. The lowest BCUT2D eigenvalue weighted by Crippen LogP contribution is -2.10. The maximum Gasteiger partial charge on any atom is 0.147 e. The average Bonchev–Trinajstić information content (AvgIpc) is 2.39. The molecule has 0 saturated heterocycles. The zero-order chi connectivity index (χ0) is 13.8. The monoisotopic (exact) mass is 341 g/mol. The molecule has 1 unspecified atom stereocenters. The molecule has 0 aliphatic heterocycles. The van der Waals surface area contributed by atoms with Gasteiger partial charge in [-0.3, -0.25) is 0 Å². The summed E-state index contributed by atoms with van der Waals surface area (Å²) in [6, 6.07) is 12.7. The molecule has 0 spiro atoms. The summed E-state index contributed by atoms with van der Waals surface area (Å²) in [4.78, 5) is 0. The summed E-state index contributed by atoms with van der Waals surface area (Å²) in [5, 5.41) is 3.92. The Morgan fingerprint density at radius 2 is 1.89 bits per heavy atom. The van der Waals surface area contributed by atoms with E-state index in [9.17, 15) is 4.39 Å². The quantitative estimate of drug-likeness (QED) is 0.740. The van der Waals surface area contributed by atoms with Gasteiger partial charge in [0, 0.05) is 9.50 Å². The minimum atomic E-state index is -0.262. The molecule has 0 aliphatic rings. The van der Waals surface area contributed by atoms with E-state index in [-0.39, 0.29) is 11.9 Å². The van der Waals surface area contributed by atoms with Crippen LogP contribution in [0, 0.1) is 5.82 Å². The van der Waals surface area contributed by atoms with Crippen molar-refractivity contribution in [3.63, 3.8) is 0 Å². The van der Waals surface area contributed by atoms with Gasteiger partial charge in [0.05, 0.1) is 11.7 Å². The van der Waals surface area contributed by atoms with Crippen LogP contribution in [-0.4, -0.2) is 0 Å². The van der Waals surface area contributed by atoms with Crippen LogP contribution in [0.2, 0.25) is 5.02 Å². The van der Waals surface area contributed by atoms with Gasteiger partial charge in [-0.25, -0.2) is 4.39 Å². The minimum Gasteiger partial charge on any atom is -0.376 e. The first-order chi connectivity index (χ1) is 9.10. The second-order valence-corrected chi connectivity index (χ2v) is 5.63. The Morgan fingerprint density at radius 3 is 2.47 bits per heavy atom. The topological polar surface area (TPSA) is 12.0 Å². The molecule has 1 N–H and O–H groups in total. The average molecular weight is 343 g/mol. The lowest BCUT2D eigenvalue weighted by atomic mass is 10.0. The predicted octanol–water partition coefficient (Wildman–Crippen LogP) is 5.80. The highest BCUT2D eigenvalue weighted by Crippen LogP contribution is 2.26. The van der Waals surface area contributed by atoms with Crippen LogP contribution in [0.3, 0.4) is 0 Å². The number of halogens is 3. The Hall–Kier alpha value is -1.06. The van der Waals surface area contributed by atoms with Crippen molar-refractivity contribution < 1.29 is 4.39 Å². The normalized spacial score (nSPS) is 12.2. The van der Waals surface area contributed by atoms with Gasteiger partial charge in [0.2, 0.25) is 0 Å². The molecule has 0 heterocycles. The van der Waals surface area contributed by atoms with E-state index < -0.39 is 0 Å². The Labute approximate surface area is 125 Å². The Balaban J connectivity index is 2.21. The van der Waals surface area contributed by atoms with E-state index in [1.807, 2.05) is 30.3 Å². The van der Waals surface area contributed by atoms with Gasteiger partial charge in [0.15, 0.2) is 0 Å². The Morgan fingerprint density at radius 1 is 1.21 bits per heavy atom. The van der Waals surface area contributed by atoms with E-state index in [1.165, 1.54) is 6.07 Å². The Bertz CT molecular complexity index is 557. The highest BCUT2D eigenvalue weighted by molar-refractivity contribution is 9.10. The van der Waals surface area contributed by atoms with Crippen LogP contribution in [0.15, 0.2) is 46.9 Å². The van der Waals surface area contributed by atoms with Crippen molar-refractivity contribution in [3.8, 4) is 0 Å². The summed E-state index contributed by atoms with van der Waals surface area (Å²) in [6.07, 6.45) is 0.858. The molecule has 0 saturated carbocycles. The largest absolute Gasteiger partial charge is 0.376 e. The van der Waals surface area contributed by atoms with Gasteiger partial charge in [-0.1, -0.05) is 46.6 Å². The lowest BCUT2D eigenvalue weighted by molar-refractivity contribution is 0.623. The van der Waals surface area contributed by atoms with Gasteiger partial charge in [0.1, 0.15) is 5.82 Å². The molecule has 100 valence electrons. The van der Waals surface area contributed by atoms with Crippen LogP contribution in [0.4, 0.5) is 10.1 Å². The number of anilines is 1. The fourth-order valence-corrected chi connectivity index (χ4v) is 2.37. The summed E-state index contributed by atoms with van der Waals surface area (Å²) in [5.41, 5.74) is 1.60. The summed E-state index contributed by atoms with van der Waals surface area (Å²) >= 11 is 9.13. The maximum absolute atomic E-state index is 13.8. The summed E-state index contributed by atoms with van der Waals surface area (Å²) in [5.74, 6) is -0.262. The standard InChI is InChI=1S/C15H14BrClFN/c1-2-14(10-3-6-12(17)7-4-10)19-15-8-5-11(16)9-13(15)18/h3-9,14,19H,2H2,1H3. The van der Waals surface area contributed by atoms with E-state index in [0.29, 0.717) is 10.7 Å². The molecule has 0 aliphatic carbocycles. The smallest absolute Gasteiger partial charge is 0.147 e. The first kappa shape index (κ1) is 14.4. The molecule has 0 radical (unpaired) electrons. The number of hydrogen-bond acceptors (Lipinski definition) is 1. The second-order valence-electron chi connectivity index (χ2n) is 4.28.